The van der Waals surface area contributed by atoms with Gasteiger partial charge in [0.15, 0.2) is 16.6 Å². The van der Waals surface area contributed by atoms with Crippen LogP contribution in [0.15, 0.2) is 47.6 Å². The third-order valence-corrected chi connectivity index (χ3v) is 3.75. The van der Waals surface area contributed by atoms with Gasteiger partial charge in [0, 0.05) is 11.6 Å². The van der Waals surface area contributed by atoms with Crippen LogP contribution < -0.4 is 20.2 Å². The second-order valence-electron chi connectivity index (χ2n) is 5.27. The Morgan fingerprint density at radius 3 is 2.59 bits per heavy atom. The summed E-state index contributed by atoms with van der Waals surface area (Å²) in [6.07, 6.45) is 1.59. The van der Waals surface area contributed by atoms with Gasteiger partial charge in [0.1, 0.15) is 0 Å². The van der Waals surface area contributed by atoms with Gasteiger partial charge in [-0.1, -0.05) is 11.6 Å². The van der Waals surface area contributed by atoms with Crippen LogP contribution in [0.4, 0.5) is 0 Å². The number of nitrogens with zero attached hydrogens (tertiary/aromatic N) is 1. The highest BCUT2D eigenvalue weighted by molar-refractivity contribution is 7.80. The SMILES string of the molecule is CCNC(=S)N/N=C/c1ccc(OC(=O)c2ccc(Cl)cc2)c(OCC)c1. The van der Waals surface area contributed by atoms with Crippen LogP contribution in [-0.2, 0) is 0 Å². The molecule has 2 aromatic carbocycles. The van der Waals surface area contributed by atoms with Gasteiger partial charge in [-0.25, -0.2) is 4.79 Å². The Labute approximate surface area is 168 Å². The number of carbonyl (C=O) groups is 1. The van der Waals surface area contributed by atoms with Crippen LogP contribution in [0.25, 0.3) is 0 Å². The summed E-state index contributed by atoms with van der Waals surface area (Å²) in [5.41, 5.74) is 3.87. The molecular formula is C19H20ClN3O3S. The number of esters is 1. The van der Waals surface area contributed by atoms with Gasteiger partial charge in [-0.05, 0) is 74.1 Å². The quantitative estimate of drug-likeness (QED) is 0.240. The molecule has 2 rings (SSSR count). The molecule has 0 aliphatic carbocycles. The topological polar surface area (TPSA) is 72.0 Å². The van der Waals surface area contributed by atoms with Gasteiger partial charge in [-0.3, -0.25) is 5.43 Å². The van der Waals surface area contributed by atoms with E-state index in [4.69, 9.17) is 33.3 Å². The van der Waals surface area contributed by atoms with Crippen LogP contribution >= 0.6 is 23.8 Å². The van der Waals surface area contributed by atoms with E-state index in [0.717, 1.165) is 5.56 Å². The molecule has 0 bridgehead atoms. The molecule has 0 fully saturated rings. The van der Waals surface area contributed by atoms with E-state index in [1.807, 2.05) is 13.8 Å². The van der Waals surface area contributed by atoms with Crippen molar-refractivity contribution in [1.29, 1.82) is 0 Å². The van der Waals surface area contributed by atoms with E-state index in [9.17, 15) is 4.79 Å². The maximum atomic E-state index is 12.3. The Bertz CT molecular complexity index is 825. The summed E-state index contributed by atoms with van der Waals surface area (Å²) in [4.78, 5) is 12.3. The molecule has 2 aromatic rings. The van der Waals surface area contributed by atoms with Crippen molar-refractivity contribution in [3.8, 4) is 11.5 Å². The third-order valence-electron chi connectivity index (χ3n) is 3.27. The van der Waals surface area contributed by atoms with Crippen molar-refractivity contribution in [2.75, 3.05) is 13.2 Å². The van der Waals surface area contributed by atoms with Gasteiger partial charge in [0.2, 0.25) is 0 Å². The first-order valence-corrected chi connectivity index (χ1v) is 9.13. The molecule has 0 saturated heterocycles. The molecule has 2 N–H and O–H groups in total. The lowest BCUT2D eigenvalue weighted by Crippen LogP contribution is -2.31. The molecule has 27 heavy (non-hydrogen) atoms. The zero-order chi connectivity index (χ0) is 19.6. The van der Waals surface area contributed by atoms with E-state index in [2.05, 4.69) is 15.8 Å². The Morgan fingerprint density at radius 2 is 1.93 bits per heavy atom. The summed E-state index contributed by atoms with van der Waals surface area (Å²) in [5.74, 6) is 0.273. The van der Waals surface area contributed by atoms with Crippen molar-refractivity contribution in [2.24, 2.45) is 5.10 Å². The van der Waals surface area contributed by atoms with Crippen molar-refractivity contribution in [3.63, 3.8) is 0 Å². The monoisotopic (exact) mass is 405 g/mol. The van der Waals surface area contributed by atoms with Gasteiger partial charge < -0.3 is 14.8 Å². The van der Waals surface area contributed by atoms with E-state index in [0.29, 0.717) is 40.3 Å². The summed E-state index contributed by atoms with van der Waals surface area (Å²) in [6, 6.07) is 11.6. The van der Waals surface area contributed by atoms with Crippen LogP contribution in [-0.4, -0.2) is 30.4 Å². The maximum absolute atomic E-state index is 12.3. The minimum Gasteiger partial charge on any atom is -0.490 e. The van der Waals surface area contributed by atoms with Crippen molar-refractivity contribution < 1.29 is 14.3 Å². The number of hydrogen-bond donors (Lipinski definition) is 2. The smallest absolute Gasteiger partial charge is 0.343 e. The number of ether oxygens (including phenoxy) is 2. The minimum absolute atomic E-state index is 0.324. The average molecular weight is 406 g/mol. The minimum atomic E-state index is -0.494. The fourth-order valence-corrected chi connectivity index (χ4v) is 2.39. The second kappa shape index (κ2) is 10.5. The molecule has 0 radical (unpaired) electrons. The van der Waals surface area contributed by atoms with Gasteiger partial charge in [-0.2, -0.15) is 5.10 Å². The normalized spacial score (nSPS) is 10.5. The second-order valence-corrected chi connectivity index (χ2v) is 6.11. The lowest BCUT2D eigenvalue weighted by atomic mass is 10.2. The van der Waals surface area contributed by atoms with Crippen LogP contribution in [0.1, 0.15) is 29.8 Å². The molecule has 0 aromatic heterocycles. The van der Waals surface area contributed by atoms with E-state index < -0.39 is 5.97 Å². The number of rotatable bonds is 7. The van der Waals surface area contributed by atoms with Gasteiger partial charge >= 0.3 is 5.97 Å². The molecular weight excluding hydrogens is 386 g/mol. The Morgan fingerprint density at radius 1 is 1.19 bits per heavy atom. The van der Waals surface area contributed by atoms with Crippen LogP contribution in [0.2, 0.25) is 5.02 Å². The largest absolute Gasteiger partial charge is 0.490 e. The van der Waals surface area contributed by atoms with Crippen LogP contribution in [0, 0.1) is 0 Å². The average Bonchev–Trinajstić information content (AvgIpc) is 2.64. The number of thiocarbonyl (C=S) groups is 1. The van der Waals surface area contributed by atoms with Crippen molar-refractivity contribution in [3.05, 3.63) is 58.6 Å². The summed E-state index contributed by atoms with van der Waals surface area (Å²) in [6.45, 7) is 4.93. The molecule has 0 unspecified atom stereocenters. The number of hydrazone groups is 1. The van der Waals surface area contributed by atoms with E-state index >= 15 is 0 Å². The highest BCUT2D eigenvalue weighted by Crippen LogP contribution is 2.29. The molecule has 0 spiro atoms. The van der Waals surface area contributed by atoms with Gasteiger partial charge in [0.05, 0.1) is 18.4 Å². The number of nitrogens with one attached hydrogen (secondary N) is 2. The summed E-state index contributed by atoms with van der Waals surface area (Å²) >= 11 is 10.9. The Hall–Kier alpha value is -2.64. The zero-order valence-electron chi connectivity index (χ0n) is 15.0. The lowest BCUT2D eigenvalue weighted by molar-refractivity contribution is 0.0728. The van der Waals surface area contributed by atoms with Gasteiger partial charge in [-0.15, -0.1) is 0 Å². The third kappa shape index (κ3) is 6.54. The standard InChI is InChI=1S/C19H20ClN3O3S/c1-3-21-19(27)23-22-12-13-5-10-16(17(11-13)25-4-2)26-18(24)14-6-8-15(20)9-7-14/h5-12H,3-4H2,1-2H3,(H2,21,23,27)/b22-12+. The number of benzene rings is 2. The molecule has 8 heteroatoms. The Balaban J connectivity index is 2.12. The number of hydrogen-bond acceptors (Lipinski definition) is 5. The first-order valence-electron chi connectivity index (χ1n) is 8.35. The van der Waals surface area contributed by atoms with Crippen LogP contribution in [0.5, 0.6) is 11.5 Å². The zero-order valence-corrected chi connectivity index (χ0v) is 16.6. The predicted molar refractivity (Wildman–Crippen MR) is 111 cm³/mol. The van der Waals surface area contributed by atoms with Crippen molar-refractivity contribution in [2.45, 2.75) is 13.8 Å². The van der Waals surface area contributed by atoms with Crippen LogP contribution in [0.3, 0.4) is 0 Å². The first kappa shape index (κ1) is 20.7. The summed E-state index contributed by atoms with van der Waals surface area (Å²) in [7, 11) is 0. The molecule has 0 atom stereocenters. The van der Waals surface area contributed by atoms with Gasteiger partial charge in [0.25, 0.3) is 0 Å². The first-order chi connectivity index (χ1) is 13.0. The number of halogens is 1. The molecule has 0 amide bonds. The fourth-order valence-electron chi connectivity index (χ4n) is 2.07. The lowest BCUT2D eigenvalue weighted by Gasteiger charge is -2.11. The predicted octanol–water partition coefficient (Wildman–Crippen LogP) is 3.78. The van der Waals surface area contributed by atoms with E-state index in [1.165, 1.54) is 0 Å². The fraction of sp³-hybridized carbons (Fsp3) is 0.211. The summed E-state index contributed by atoms with van der Waals surface area (Å²) in [5, 5.41) is 7.97. The molecule has 142 valence electrons. The van der Waals surface area contributed by atoms with E-state index in [-0.39, 0.29) is 0 Å². The molecule has 0 aliphatic rings. The molecule has 0 aliphatic heterocycles. The molecule has 0 saturated carbocycles. The number of carbonyl (C=O) groups excluding carboxylic acids is 1. The summed E-state index contributed by atoms with van der Waals surface area (Å²) < 4.78 is 11.0. The molecule has 6 nitrogen and oxygen atoms in total. The van der Waals surface area contributed by atoms with E-state index in [1.54, 1.807) is 48.7 Å². The Kier molecular flexibility index (Phi) is 8.03. The maximum Gasteiger partial charge on any atom is 0.343 e. The molecule has 0 heterocycles. The van der Waals surface area contributed by atoms with Crippen molar-refractivity contribution in [1.82, 2.24) is 10.7 Å². The highest BCUT2D eigenvalue weighted by Gasteiger charge is 2.13. The van der Waals surface area contributed by atoms with Crippen molar-refractivity contribution >= 4 is 41.1 Å². The highest BCUT2D eigenvalue weighted by atomic mass is 35.5.